The van der Waals surface area contributed by atoms with Crippen molar-refractivity contribution < 1.29 is 13.2 Å². The van der Waals surface area contributed by atoms with Gasteiger partial charge >= 0.3 is 0 Å². The normalized spacial score (nSPS) is 17.7. The predicted molar refractivity (Wildman–Crippen MR) is 89.7 cm³/mol. The number of rotatable bonds is 5. The smallest absolute Gasteiger partial charge is 0.240 e. The van der Waals surface area contributed by atoms with Crippen LogP contribution in [0.25, 0.3) is 0 Å². The molecule has 1 unspecified atom stereocenters. The van der Waals surface area contributed by atoms with Gasteiger partial charge in [0.25, 0.3) is 0 Å². The van der Waals surface area contributed by atoms with Gasteiger partial charge in [0.15, 0.2) is 0 Å². The van der Waals surface area contributed by atoms with E-state index in [1.807, 2.05) is 37.3 Å². The molecule has 5 heteroatoms. The van der Waals surface area contributed by atoms with Gasteiger partial charge in [0, 0.05) is 13.0 Å². The summed E-state index contributed by atoms with van der Waals surface area (Å²) in [4.78, 5) is 0.297. The minimum atomic E-state index is -3.49. The Labute approximate surface area is 137 Å². The molecule has 1 heterocycles. The van der Waals surface area contributed by atoms with Gasteiger partial charge in [-0.1, -0.05) is 43.3 Å². The van der Waals surface area contributed by atoms with Crippen LogP contribution in [0.2, 0.25) is 0 Å². The molecule has 4 nitrogen and oxygen atoms in total. The van der Waals surface area contributed by atoms with Gasteiger partial charge < -0.3 is 4.74 Å². The van der Waals surface area contributed by atoms with E-state index in [1.165, 1.54) is 11.1 Å². The zero-order chi connectivity index (χ0) is 16.3. The fraction of sp³-hybridized carbons (Fsp3) is 0.333. The van der Waals surface area contributed by atoms with Crippen molar-refractivity contribution in [2.45, 2.75) is 37.4 Å². The topological polar surface area (TPSA) is 55.4 Å². The molecule has 0 aliphatic carbocycles. The van der Waals surface area contributed by atoms with Crippen LogP contribution in [0.1, 0.15) is 23.6 Å². The summed E-state index contributed by atoms with van der Waals surface area (Å²) in [5.41, 5.74) is 3.54. The Kier molecular flexibility index (Phi) is 4.80. The first-order valence-electron chi connectivity index (χ1n) is 7.85. The van der Waals surface area contributed by atoms with Crippen LogP contribution in [0, 0.1) is 0 Å². The standard InChI is InChI=1S/C18H21NO3S/c1-2-14-7-9-18(10-8-14)23(20,21)19-12-17-11-15-5-3-4-6-16(15)13-22-17/h3-10,17,19H,2,11-13H2,1H3. The van der Waals surface area contributed by atoms with E-state index in [1.54, 1.807) is 12.1 Å². The van der Waals surface area contributed by atoms with E-state index < -0.39 is 10.0 Å². The Hall–Kier alpha value is -1.69. The summed E-state index contributed by atoms with van der Waals surface area (Å²) in [6, 6.07) is 15.1. The summed E-state index contributed by atoms with van der Waals surface area (Å²) in [6.07, 6.45) is 1.49. The van der Waals surface area contributed by atoms with Gasteiger partial charge in [-0.3, -0.25) is 0 Å². The lowest BCUT2D eigenvalue weighted by atomic mass is 9.99. The molecule has 23 heavy (non-hydrogen) atoms. The van der Waals surface area contributed by atoms with Crippen LogP contribution in [0.3, 0.4) is 0 Å². The molecule has 0 spiro atoms. The Balaban J connectivity index is 1.63. The first kappa shape index (κ1) is 16.2. The van der Waals surface area contributed by atoms with Gasteiger partial charge in [-0.25, -0.2) is 13.1 Å². The Morgan fingerprint density at radius 3 is 2.48 bits per heavy atom. The molecule has 0 saturated carbocycles. The Bertz CT molecular complexity index is 769. The quantitative estimate of drug-likeness (QED) is 0.916. The highest BCUT2D eigenvalue weighted by Crippen LogP contribution is 2.20. The van der Waals surface area contributed by atoms with Crippen molar-refractivity contribution in [1.82, 2.24) is 4.72 Å². The van der Waals surface area contributed by atoms with Crippen molar-refractivity contribution in [3.05, 3.63) is 65.2 Å². The summed E-state index contributed by atoms with van der Waals surface area (Å²) < 4.78 is 33.1. The number of benzene rings is 2. The summed E-state index contributed by atoms with van der Waals surface area (Å²) in [5, 5.41) is 0. The van der Waals surface area contributed by atoms with Gasteiger partial charge in [0.05, 0.1) is 17.6 Å². The predicted octanol–water partition coefficient (Wildman–Crippen LogP) is 2.67. The molecule has 0 saturated heterocycles. The molecule has 0 aromatic heterocycles. The number of hydrogen-bond acceptors (Lipinski definition) is 3. The number of ether oxygens (including phenoxy) is 1. The van der Waals surface area contributed by atoms with Crippen LogP contribution in [0.5, 0.6) is 0 Å². The molecular formula is C18H21NO3S. The lowest BCUT2D eigenvalue weighted by Gasteiger charge is -2.25. The highest BCUT2D eigenvalue weighted by atomic mass is 32.2. The summed E-state index contributed by atoms with van der Waals surface area (Å²) in [6.45, 7) is 2.86. The lowest BCUT2D eigenvalue weighted by molar-refractivity contribution is 0.0322. The molecule has 2 aromatic rings. The van der Waals surface area contributed by atoms with Crippen molar-refractivity contribution in [3.63, 3.8) is 0 Å². The second-order valence-corrected chi connectivity index (χ2v) is 7.52. The SMILES string of the molecule is CCc1ccc(S(=O)(=O)NCC2Cc3ccccc3CO2)cc1. The first-order chi connectivity index (χ1) is 11.1. The van der Waals surface area contributed by atoms with Gasteiger partial charge in [-0.15, -0.1) is 0 Å². The van der Waals surface area contributed by atoms with Gasteiger partial charge in [-0.05, 0) is 35.2 Å². The van der Waals surface area contributed by atoms with E-state index in [2.05, 4.69) is 10.8 Å². The van der Waals surface area contributed by atoms with E-state index in [4.69, 9.17) is 4.74 Å². The third-order valence-electron chi connectivity index (χ3n) is 4.18. The first-order valence-corrected chi connectivity index (χ1v) is 9.34. The fourth-order valence-electron chi connectivity index (χ4n) is 2.73. The average molecular weight is 331 g/mol. The third-order valence-corrected chi connectivity index (χ3v) is 5.62. The molecule has 1 aliphatic heterocycles. The van der Waals surface area contributed by atoms with Gasteiger partial charge in [0.1, 0.15) is 0 Å². The summed E-state index contributed by atoms with van der Waals surface area (Å²) in [7, 11) is -3.49. The molecule has 0 radical (unpaired) electrons. The molecular weight excluding hydrogens is 310 g/mol. The van der Waals surface area contributed by atoms with Crippen molar-refractivity contribution in [1.29, 1.82) is 0 Å². The third kappa shape index (κ3) is 3.80. The van der Waals surface area contributed by atoms with Gasteiger partial charge in [-0.2, -0.15) is 0 Å². The molecule has 0 fully saturated rings. The number of hydrogen-bond donors (Lipinski definition) is 1. The lowest BCUT2D eigenvalue weighted by Crippen LogP contribution is -2.36. The van der Waals surface area contributed by atoms with E-state index in [9.17, 15) is 8.42 Å². The van der Waals surface area contributed by atoms with Crippen molar-refractivity contribution in [2.24, 2.45) is 0 Å². The largest absolute Gasteiger partial charge is 0.372 e. The highest BCUT2D eigenvalue weighted by molar-refractivity contribution is 7.89. The maximum atomic E-state index is 12.4. The van der Waals surface area contributed by atoms with Crippen LogP contribution in [0.15, 0.2) is 53.4 Å². The maximum absolute atomic E-state index is 12.4. The monoisotopic (exact) mass is 331 g/mol. The molecule has 1 atom stereocenters. The highest BCUT2D eigenvalue weighted by Gasteiger charge is 2.21. The minimum absolute atomic E-state index is 0.130. The van der Waals surface area contributed by atoms with E-state index in [-0.39, 0.29) is 12.6 Å². The van der Waals surface area contributed by atoms with Crippen LogP contribution in [0.4, 0.5) is 0 Å². The molecule has 3 rings (SSSR count). The number of nitrogens with one attached hydrogen (secondary N) is 1. The average Bonchev–Trinajstić information content (AvgIpc) is 2.60. The second kappa shape index (κ2) is 6.83. The van der Waals surface area contributed by atoms with Gasteiger partial charge in [0.2, 0.25) is 10.0 Å². The zero-order valence-electron chi connectivity index (χ0n) is 13.2. The Morgan fingerprint density at radius 2 is 1.78 bits per heavy atom. The molecule has 0 bridgehead atoms. The van der Waals surface area contributed by atoms with Crippen LogP contribution >= 0.6 is 0 Å². The summed E-state index contributed by atoms with van der Waals surface area (Å²) in [5.74, 6) is 0. The molecule has 122 valence electrons. The number of aryl methyl sites for hydroxylation is 1. The van der Waals surface area contributed by atoms with Crippen LogP contribution in [-0.4, -0.2) is 21.1 Å². The van der Waals surface area contributed by atoms with Crippen LogP contribution in [-0.2, 0) is 34.2 Å². The van der Waals surface area contributed by atoms with E-state index in [0.717, 1.165) is 18.4 Å². The Morgan fingerprint density at radius 1 is 1.09 bits per heavy atom. The molecule has 2 aromatic carbocycles. The molecule has 1 aliphatic rings. The second-order valence-electron chi connectivity index (χ2n) is 5.76. The molecule has 1 N–H and O–H groups in total. The summed E-state index contributed by atoms with van der Waals surface area (Å²) >= 11 is 0. The zero-order valence-corrected chi connectivity index (χ0v) is 14.0. The fourth-order valence-corrected chi connectivity index (χ4v) is 3.80. The number of fused-ring (bicyclic) bond motifs is 1. The van der Waals surface area contributed by atoms with E-state index in [0.29, 0.717) is 11.5 Å². The van der Waals surface area contributed by atoms with Crippen molar-refractivity contribution >= 4 is 10.0 Å². The number of sulfonamides is 1. The van der Waals surface area contributed by atoms with Crippen LogP contribution < -0.4 is 4.72 Å². The van der Waals surface area contributed by atoms with Crippen molar-refractivity contribution in [2.75, 3.05) is 6.54 Å². The maximum Gasteiger partial charge on any atom is 0.240 e. The van der Waals surface area contributed by atoms with Crippen molar-refractivity contribution in [3.8, 4) is 0 Å². The van der Waals surface area contributed by atoms with E-state index >= 15 is 0 Å². The molecule has 0 amide bonds. The minimum Gasteiger partial charge on any atom is -0.372 e.